The van der Waals surface area contributed by atoms with Gasteiger partial charge in [-0.25, -0.2) is 9.97 Å². The number of fused-ring (bicyclic) bond motifs is 3. The maximum Gasteiger partial charge on any atom is 0.250 e. The Kier molecular flexibility index (Phi) is 4.42. The molecule has 0 aliphatic heterocycles. The number of imidazole rings is 1. The number of primary amides is 1. The number of aryl methyl sites for hydroxylation is 2. The van der Waals surface area contributed by atoms with E-state index in [1.54, 1.807) is 18.3 Å². The van der Waals surface area contributed by atoms with Crippen LogP contribution in [0.1, 0.15) is 28.9 Å². The number of carbonyl (C=O) groups is 1. The molecule has 0 fully saturated rings. The minimum atomic E-state index is -0.437. The molecule has 0 aliphatic rings. The van der Waals surface area contributed by atoms with Crippen molar-refractivity contribution < 1.29 is 4.79 Å². The van der Waals surface area contributed by atoms with Crippen LogP contribution >= 0.6 is 0 Å². The number of unbranched alkanes of at least 4 members (excludes halogenated alkanes) is 1. The summed E-state index contributed by atoms with van der Waals surface area (Å²) >= 11 is 0. The summed E-state index contributed by atoms with van der Waals surface area (Å²) < 4.78 is 2.11. The lowest BCUT2D eigenvalue weighted by Gasteiger charge is -2.08. The Morgan fingerprint density at radius 3 is 2.78 bits per heavy atom. The van der Waals surface area contributed by atoms with E-state index in [1.165, 1.54) is 0 Å². The Balaban J connectivity index is 1.53. The molecule has 0 saturated carbocycles. The van der Waals surface area contributed by atoms with Gasteiger partial charge >= 0.3 is 0 Å². The summed E-state index contributed by atoms with van der Waals surface area (Å²) in [5, 5.41) is 1.04. The zero-order valence-corrected chi connectivity index (χ0v) is 14.8. The van der Waals surface area contributed by atoms with Crippen molar-refractivity contribution in [2.75, 3.05) is 5.73 Å². The normalized spacial score (nSPS) is 11.3. The van der Waals surface area contributed by atoms with Gasteiger partial charge in [0.15, 0.2) is 5.82 Å². The molecule has 0 spiro atoms. The third kappa shape index (κ3) is 3.19. The largest absolute Gasteiger partial charge is 0.382 e. The van der Waals surface area contributed by atoms with Gasteiger partial charge in [-0.2, -0.15) is 0 Å². The quantitative estimate of drug-likeness (QED) is 0.513. The van der Waals surface area contributed by atoms with E-state index in [1.807, 2.05) is 30.6 Å². The summed E-state index contributed by atoms with van der Waals surface area (Å²) in [5.74, 6) is 0.00943. The van der Waals surface area contributed by atoms with Crippen molar-refractivity contribution in [2.24, 2.45) is 5.73 Å². The van der Waals surface area contributed by atoms with Crippen molar-refractivity contribution in [2.45, 2.75) is 25.8 Å². The van der Waals surface area contributed by atoms with Crippen molar-refractivity contribution in [1.29, 1.82) is 0 Å². The maximum absolute atomic E-state index is 11.5. The molecule has 0 bridgehead atoms. The molecule has 0 saturated heterocycles. The Bertz CT molecular complexity index is 1130. The van der Waals surface area contributed by atoms with Crippen LogP contribution in [0, 0.1) is 0 Å². The first kappa shape index (κ1) is 17.0. The molecule has 0 unspecified atom stereocenters. The fourth-order valence-electron chi connectivity index (χ4n) is 3.41. The average molecular weight is 360 g/mol. The van der Waals surface area contributed by atoms with Crippen molar-refractivity contribution in [3.63, 3.8) is 0 Å². The van der Waals surface area contributed by atoms with E-state index in [-0.39, 0.29) is 0 Å². The Morgan fingerprint density at radius 2 is 1.93 bits per heavy atom. The van der Waals surface area contributed by atoms with Gasteiger partial charge in [-0.1, -0.05) is 18.2 Å². The van der Waals surface area contributed by atoms with Crippen LogP contribution in [0.3, 0.4) is 0 Å². The van der Waals surface area contributed by atoms with Crippen LogP contribution in [0.15, 0.2) is 48.9 Å². The predicted molar refractivity (Wildman–Crippen MR) is 105 cm³/mol. The standard InChI is InChI=1S/C20H20N6O/c21-19-17-18(13-6-1-2-9-16(13)25-19)26(12-24-17)11-4-3-8-15-14(20(22)27)7-5-10-23-15/h1-2,5-7,9-10,12H,3-4,8,11H2,(H2,21,25)(H2,22,27). The van der Waals surface area contributed by atoms with Crippen LogP contribution in [0.5, 0.6) is 0 Å². The fraction of sp³-hybridized carbons (Fsp3) is 0.200. The van der Waals surface area contributed by atoms with Crippen LogP contribution in [0.4, 0.5) is 5.82 Å². The Labute approximate surface area is 156 Å². The molecule has 1 aromatic carbocycles. The zero-order chi connectivity index (χ0) is 18.8. The molecule has 4 aromatic rings. The molecule has 0 radical (unpaired) electrons. The molecule has 0 atom stereocenters. The van der Waals surface area contributed by atoms with E-state index in [4.69, 9.17) is 11.5 Å². The van der Waals surface area contributed by atoms with Gasteiger partial charge in [0.2, 0.25) is 0 Å². The molecule has 4 rings (SSSR count). The number of para-hydroxylation sites is 1. The molecule has 7 heteroatoms. The molecule has 136 valence electrons. The fourth-order valence-corrected chi connectivity index (χ4v) is 3.41. The predicted octanol–water partition coefficient (Wildman–Crippen LogP) is 2.68. The highest BCUT2D eigenvalue weighted by Crippen LogP contribution is 2.27. The van der Waals surface area contributed by atoms with Crippen molar-refractivity contribution in [3.05, 3.63) is 60.2 Å². The van der Waals surface area contributed by atoms with E-state index >= 15 is 0 Å². The van der Waals surface area contributed by atoms with E-state index in [9.17, 15) is 4.79 Å². The third-order valence-electron chi connectivity index (χ3n) is 4.70. The minimum Gasteiger partial charge on any atom is -0.382 e. The van der Waals surface area contributed by atoms with Crippen LogP contribution in [-0.4, -0.2) is 25.4 Å². The van der Waals surface area contributed by atoms with Crippen LogP contribution < -0.4 is 11.5 Å². The van der Waals surface area contributed by atoms with E-state index in [0.717, 1.165) is 47.0 Å². The van der Waals surface area contributed by atoms with E-state index in [2.05, 4.69) is 19.5 Å². The second-order valence-electron chi connectivity index (χ2n) is 6.47. The first-order valence-electron chi connectivity index (χ1n) is 8.88. The molecule has 27 heavy (non-hydrogen) atoms. The van der Waals surface area contributed by atoms with Crippen molar-refractivity contribution in [1.82, 2.24) is 19.5 Å². The minimum absolute atomic E-state index is 0.437. The molecule has 0 aliphatic carbocycles. The topological polar surface area (TPSA) is 113 Å². The number of rotatable bonds is 6. The summed E-state index contributed by atoms with van der Waals surface area (Å²) in [5.41, 5.74) is 15.3. The first-order valence-corrected chi connectivity index (χ1v) is 8.88. The smallest absolute Gasteiger partial charge is 0.250 e. The van der Waals surface area contributed by atoms with Crippen LogP contribution in [0.2, 0.25) is 0 Å². The van der Waals surface area contributed by atoms with Gasteiger partial charge in [0.25, 0.3) is 5.91 Å². The SMILES string of the molecule is NC(=O)c1cccnc1CCCCn1cnc2c(N)nc3ccccc3c21. The average Bonchev–Trinajstić information content (AvgIpc) is 3.10. The number of aromatic nitrogens is 4. The lowest BCUT2D eigenvalue weighted by atomic mass is 10.1. The number of benzene rings is 1. The highest BCUT2D eigenvalue weighted by molar-refractivity contribution is 6.06. The lowest BCUT2D eigenvalue weighted by molar-refractivity contribution is 0.0999. The summed E-state index contributed by atoms with van der Waals surface area (Å²) in [6.45, 7) is 0.794. The lowest BCUT2D eigenvalue weighted by Crippen LogP contribution is -2.14. The van der Waals surface area contributed by atoms with Crippen LogP contribution in [0.25, 0.3) is 21.9 Å². The number of pyridine rings is 2. The Hall–Kier alpha value is -3.48. The molecule has 4 N–H and O–H groups in total. The molecule has 3 aromatic heterocycles. The number of hydrogen-bond acceptors (Lipinski definition) is 5. The van der Waals surface area contributed by atoms with E-state index in [0.29, 0.717) is 17.8 Å². The number of nitrogen functional groups attached to an aromatic ring is 1. The van der Waals surface area contributed by atoms with Gasteiger partial charge in [-0.15, -0.1) is 0 Å². The molecular weight excluding hydrogens is 340 g/mol. The molecule has 7 nitrogen and oxygen atoms in total. The number of hydrogen-bond donors (Lipinski definition) is 2. The second kappa shape index (κ2) is 7.03. The van der Waals surface area contributed by atoms with Crippen LogP contribution in [-0.2, 0) is 13.0 Å². The first-order chi connectivity index (χ1) is 13.1. The highest BCUT2D eigenvalue weighted by atomic mass is 16.1. The maximum atomic E-state index is 11.5. The van der Waals surface area contributed by atoms with Crippen molar-refractivity contribution in [3.8, 4) is 0 Å². The summed E-state index contributed by atoms with van der Waals surface area (Å²) in [7, 11) is 0. The number of amides is 1. The number of nitrogens with two attached hydrogens (primary N) is 2. The zero-order valence-electron chi connectivity index (χ0n) is 14.8. The van der Waals surface area contributed by atoms with Gasteiger partial charge in [0.05, 0.1) is 28.6 Å². The van der Waals surface area contributed by atoms with Gasteiger partial charge in [-0.3, -0.25) is 9.78 Å². The third-order valence-corrected chi connectivity index (χ3v) is 4.70. The number of nitrogens with zero attached hydrogens (tertiary/aromatic N) is 4. The molecule has 3 heterocycles. The number of anilines is 1. The molecule has 1 amide bonds. The summed E-state index contributed by atoms with van der Waals surface area (Å²) in [4.78, 5) is 24.7. The van der Waals surface area contributed by atoms with E-state index < -0.39 is 5.91 Å². The monoisotopic (exact) mass is 360 g/mol. The van der Waals surface area contributed by atoms with Crippen molar-refractivity contribution >= 4 is 33.7 Å². The number of carbonyl (C=O) groups excluding carboxylic acids is 1. The van der Waals surface area contributed by atoms with Gasteiger partial charge in [0, 0.05) is 18.1 Å². The van der Waals surface area contributed by atoms with Gasteiger partial charge in [-0.05, 0) is 37.5 Å². The highest BCUT2D eigenvalue weighted by Gasteiger charge is 2.12. The summed E-state index contributed by atoms with van der Waals surface area (Å²) in [6.07, 6.45) is 6.00. The van der Waals surface area contributed by atoms with Gasteiger partial charge in [0.1, 0.15) is 5.52 Å². The van der Waals surface area contributed by atoms with Gasteiger partial charge < -0.3 is 16.0 Å². The second-order valence-corrected chi connectivity index (χ2v) is 6.47. The summed E-state index contributed by atoms with van der Waals surface area (Å²) in [6, 6.07) is 11.4. The Morgan fingerprint density at radius 1 is 1.07 bits per heavy atom. The molecular formula is C20H20N6O.